The van der Waals surface area contributed by atoms with Gasteiger partial charge in [-0.15, -0.1) is 11.8 Å². The van der Waals surface area contributed by atoms with E-state index in [4.69, 9.17) is 5.11 Å². The number of anilines is 1. The fourth-order valence-corrected chi connectivity index (χ4v) is 2.92. The third-order valence-electron chi connectivity index (χ3n) is 3.47. The fraction of sp³-hybridized carbons (Fsp3) is 0.263. The van der Waals surface area contributed by atoms with Gasteiger partial charge < -0.3 is 10.4 Å². The highest BCUT2D eigenvalue weighted by molar-refractivity contribution is 7.99. The molecule has 0 fully saturated rings. The molecule has 0 aliphatic carbocycles. The molecule has 2 rings (SSSR count). The minimum atomic E-state index is -0.819. The normalized spacial score (nSPS) is 10.4. The number of aliphatic carboxylic acids is 1. The zero-order valence-electron chi connectivity index (χ0n) is 13.6. The van der Waals surface area contributed by atoms with Crippen molar-refractivity contribution in [2.45, 2.75) is 25.5 Å². The number of hydrogen-bond acceptors (Lipinski definition) is 3. The summed E-state index contributed by atoms with van der Waals surface area (Å²) in [6.45, 7) is 2.04. The third-order valence-corrected chi connectivity index (χ3v) is 4.45. The van der Waals surface area contributed by atoms with Gasteiger partial charge >= 0.3 is 5.97 Å². The van der Waals surface area contributed by atoms with E-state index >= 15 is 0 Å². The van der Waals surface area contributed by atoms with Gasteiger partial charge in [0.05, 0.1) is 5.75 Å². The van der Waals surface area contributed by atoms with E-state index < -0.39 is 5.97 Å². The molecule has 1 amide bonds. The summed E-state index contributed by atoms with van der Waals surface area (Å²) in [6, 6.07) is 15.7. The van der Waals surface area contributed by atoms with E-state index in [1.54, 1.807) is 0 Å². The molecule has 5 heteroatoms. The van der Waals surface area contributed by atoms with Gasteiger partial charge in [-0.25, -0.2) is 0 Å². The number of thioether (sulfide) groups is 1. The molecule has 24 heavy (non-hydrogen) atoms. The summed E-state index contributed by atoms with van der Waals surface area (Å²) in [6.07, 6.45) is 1.14. The lowest BCUT2D eigenvalue weighted by Gasteiger charge is -2.08. The number of aryl methyl sites for hydroxylation is 2. The number of carboxylic acids is 1. The predicted molar refractivity (Wildman–Crippen MR) is 98.4 cm³/mol. The van der Waals surface area contributed by atoms with Crippen molar-refractivity contribution in [3.63, 3.8) is 0 Å². The number of amides is 1. The standard InChI is InChI=1S/C19H21NO3S/c1-14-5-7-15(8-6-14)9-10-18(21)20-17-4-2-3-16(11-17)12-24-13-19(22)23/h2-8,11H,9-10,12-13H2,1H3,(H,20,21)(H,22,23). The minimum absolute atomic E-state index is 0.0223. The molecule has 0 saturated carbocycles. The van der Waals surface area contributed by atoms with Crippen molar-refractivity contribution in [1.82, 2.24) is 0 Å². The SMILES string of the molecule is Cc1ccc(CCC(=O)Nc2cccc(CSCC(=O)O)c2)cc1. The molecule has 0 heterocycles. The summed E-state index contributed by atoms with van der Waals surface area (Å²) < 4.78 is 0. The number of hydrogen-bond donors (Lipinski definition) is 2. The smallest absolute Gasteiger partial charge is 0.313 e. The monoisotopic (exact) mass is 343 g/mol. The Bertz CT molecular complexity index is 698. The number of rotatable bonds is 8. The van der Waals surface area contributed by atoms with Crippen LogP contribution in [0, 0.1) is 6.92 Å². The van der Waals surface area contributed by atoms with E-state index in [0.717, 1.165) is 16.8 Å². The second-order valence-electron chi connectivity index (χ2n) is 5.62. The lowest BCUT2D eigenvalue weighted by Crippen LogP contribution is -2.12. The van der Waals surface area contributed by atoms with Crippen molar-refractivity contribution in [3.8, 4) is 0 Å². The summed E-state index contributed by atoms with van der Waals surface area (Å²) in [5.41, 5.74) is 4.10. The van der Waals surface area contributed by atoms with Gasteiger partial charge in [0.2, 0.25) is 5.91 Å². The highest BCUT2D eigenvalue weighted by Crippen LogP contribution is 2.17. The predicted octanol–water partition coefficient (Wildman–Crippen LogP) is 3.88. The average molecular weight is 343 g/mol. The van der Waals surface area contributed by atoms with Crippen LogP contribution < -0.4 is 5.32 Å². The van der Waals surface area contributed by atoms with Crippen molar-refractivity contribution in [2.75, 3.05) is 11.1 Å². The first-order chi connectivity index (χ1) is 11.5. The second-order valence-corrected chi connectivity index (χ2v) is 6.61. The maximum Gasteiger partial charge on any atom is 0.313 e. The molecule has 2 aromatic carbocycles. The average Bonchev–Trinajstić information content (AvgIpc) is 2.54. The first kappa shape index (κ1) is 18.1. The van der Waals surface area contributed by atoms with E-state index in [0.29, 0.717) is 18.6 Å². The van der Waals surface area contributed by atoms with Crippen molar-refractivity contribution >= 4 is 29.3 Å². The van der Waals surface area contributed by atoms with E-state index in [1.807, 2.05) is 55.5 Å². The Morgan fingerprint density at radius 1 is 1.08 bits per heavy atom. The third kappa shape index (κ3) is 6.46. The van der Waals surface area contributed by atoms with Gasteiger partial charge in [0.1, 0.15) is 0 Å². The van der Waals surface area contributed by atoms with Crippen LogP contribution in [0.5, 0.6) is 0 Å². The Morgan fingerprint density at radius 2 is 1.83 bits per heavy atom. The minimum Gasteiger partial charge on any atom is -0.481 e. The Kier molecular flexibility index (Phi) is 6.88. The van der Waals surface area contributed by atoms with Gasteiger partial charge in [-0.2, -0.15) is 0 Å². The van der Waals surface area contributed by atoms with Crippen molar-refractivity contribution in [3.05, 3.63) is 65.2 Å². The maximum absolute atomic E-state index is 12.1. The first-order valence-corrected chi connectivity index (χ1v) is 8.92. The molecule has 0 aliphatic heterocycles. The van der Waals surface area contributed by atoms with Crippen LogP contribution in [0.2, 0.25) is 0 Å². The number of carbonyl (C=O) groups excluding carboxylic acids is 1. The van der Waals surface area contributed by atoms with Gasteiger partial charge in [-0.05, 0) is 36.6 Å². The quantitative estimate of drug-likeness (QED) is 0.763. The Morgan fingerprint density at radius 3 is 2.54 bits per heavy atom. The van der Waals surface area contributed by atoms with Crippen LogP contribution in [-0.2, 0) is 21.8 Å². The molecule has 126 valence electrons. The van der Waals surface area contributed by atoms with Gasteiger partial charge in [0, 0.05) is 17.9 Å². The highest BCUT2D eigenvalue weighted by Gasteiger charge is 2.05. The largest absolute Gasteiger partial charge is 0.481 e. The first-order valence-electron chi connectivity index (χ1n) is 7.77. The summed E-state index contributed by atoms with van der Waals surface area (Å²) in [5, 5.41) is 11.6. The van der Waals surface area contributed by atoms with E-state index in [9.17, 15) is 9.59 Å². The fourth-order valence-electron chi connectivity index (χ4n) is 2.23. The van der Waals surface area contributed by atoms with E-state index in [-0.39, 0.29) is 11.7 Å². The molecule has 0 unspecified atom stereocenters. The number of carbonyl (C=O) groups is 2. The molecule has 0 radical (unpaired) electrons. The van der Waals surface area contributed by atoms with Gasteiger partial charge in [-0.3, -0.25) is 9.59 Å². The molecular weight excluding hydrogens is 322 g/mol. The van der Waals surface area contributed by atoms with Crippen molar-refractivity contribution in [1.29, 1.82) is 0 Å². The molecule has 0 bridgehead atoms. The zero-order chi connectivity index (χ0) is 17.4. The lowest BCUT2D eigenvalue weighted by atomic mass is 10.1. The molecule has 0 saturated heterocycles. The zero-order valence-corrected chi connectivity index (χ0v) is 14.4. The summed E-state index contributed by atoms with van der Waals surface area (Å²) in [7, 11) is 0. The van der Waals surface area contributed by atoms with E-state index in [2.05, 4.69) is 5.32 Å². The van der Waals surface area contributed by atoms with Crippen LogP contribution >= 0.6 is 11.8 Å². The Labute approximate surface area is 146 Å². The van der Waals surface area contributed by atoms with Crippen LogP contribution in [0.25, 0.3) is 0 Å². The van der Waals surface area contributed by atoms with Gasteiger partial charge in [-0.1, -0.05) is 42.0 Å². The summed E-state index contributed by atoms with van der Waals surface area (Å²) in [5.74, 6) is -0.154. The molecule has 2 aromatic rings. The summed E-state index contributed by atoms with van der Waals surface area (Å²) >= 11 is 1.34. The summed E-state index contributed by atoms with van der Waals surface area (Å²) in [4.78, 5) is 22.6. The van der Waals surface area contributed by atoms with Crippen LogP contribution in [0.4, 0.5) is 5.69 Å². The molecule has 0 atom stereocenters. The Balaban J connectivity index is 1.82. The number of nitrogens with one attached hydrogen (secondary N) is 1. The van der Waals surface area contributed by atoms with Gasteiger partial charge in [0.15, 0.2) is 0 Å². The lowest BCUT2D eigenvalue weighted by molar-refractivity contribution is -0.133. The topological polar surface area (TPSA) is 66.4 Å². The van der Waals surface area contributed by atoms with Crippen LogP contribution in [-0.4, -0.2) is 22.7 Å². The molecule has 0 aliphatic rings. The number of benzene rings is 2. The van der Waals surface area contributed by atoms with Crippen molar-refractivity contribution < 1.29 is 14.7 Å². The molecule has 4 nitrogen and oxygen atoms in total. The Hall–Kier alpha value is -2.27. The van der Waals surface area contributed by atoms with Crippen LogP contribution in [0.15, 0.2) is 48.5 Å². The number of carboxylic acid groups (broad SMARTS) is 1. The van der Waals surface area contributed by atoms with Crippen LogP contribution in [0.1, 0.15) is 23.1 Å². The second kappa shape index (κ2) is 9.13. The van der Waals surface area contributed by atoms with Crippen LogP contribution in [0.3, 0.4) is 0 Å². The molecule has 0 aromatic heterocycles. The van der Waals surface area contributed by atoms with Gasteiger partial charge in [0.25, 0.3) is 0 Å². The maximum atomic E-state index is 12.1. The van der Waals surface area contributed by atoms with Crippen molar-refractivity contribution in [2.24, 2.45) is 0 Å². The molecular formula is C19H21NO3S. The van der Waals surface area contributed by atoms with E-state index in [1.165, 1.54) is 17.3 Å². The molecule has 0 spiro atoms. The highest BCUT2D eigenvalue weighted by atomic mass is 32.2. The molecule has 2 N–H and O–H groups in total.